The van der Waals surface area contributed by atoms with Crippen molar-refractivity contribution in [2.24, 2.45) is 0 Å². The van der Waals surface area contributed by atoms with Gasteiger partial charge >= 0.3 is 5.97 Å². The zero-order valence-electron chi connectivity index (χ0n) is 10.4. The van der Waals surface area contributed by atoms with Crippen molar-refractivity contribution in [3.63, 3.8) is 0 Å². The van der Waals surface area contributed by atoms with Gasteiger partial charge < -0.3 is 10.0 Å². The highest BCUT2D eigenvalue weighted by Crippen LogP contribution is 2.28. The Morgan fingerprint density at radius 2 is 2.20 bits per heavy atom. The first kappa shape index (κ1) is 12.6. The van der Waals surface area contributed by atoms with Gasteiger partial charge in [0.2, 0.25) is 0 Å². The molecule has 3 heterocycles. The third-order valence-corrected chi connectivity index (χ3v) is 3.45. The quantitative estimate of drug-likeness (QED) is 0.798. The van der Waals surface area contributed by atoms with E-state index in [9.17, 15) is 9.59 Å². The molecule has 0 unspecified atom stereocenters. The Balaban J connectivity index is 2.35. The van der Waals surface area contributed by atoms with Crippen LogP contribution < -0.4 is 0 Å². The van der Waals surface area contributed by atoms with Crippen molar-refractivity contribution in [3.05, 3.63) is 40.7 Å². The van der Waals surface area contributed by atoms with E-state index in [2.05, 4.69) is 9.97 Å². The van der Waals surface area contributed by atoms with Crippen LogP contribution in [0.15, 0.2) is 18.6 Å². The van der Waals surface area contributed by atoms with Crippen LogP contribution in [0.1, 0.15) is 26.5 Å². The van der Waals surface area contributed by atoms with Crippen LogP contribution in [-0.4, -0.2) is 43.5 Å². The van der Waals surface area contributed by atoms with E-state index in [1.165, 1.54) is 17.4 Å². The van der Waals surface area contributed by atoms with E-state index in [0.29, 0.717) is 11.4 Å². The molecule has 0 spiro atoms. The zero-order valence-corrected chi connectivity index (χ0v) is 11.1. The number of carboxylic acid groups (broad SMARTS) is 1. The lowest BCUT2D eigenvalue weighted by atomic mass is 10.2. The molecule has 2 aromatic heterocycles. The molecule has 1 aliphatic rings. The molecule has 1 aliphatic heterocycles. The minimum absolute atomic E-state index is 0.0783. The van der Waals surface area contributed by atoms with Crippen molar-refractivity contribution in [2.45, 2.75) is 6.54 Å². The number of aromatic carboxylic acids is 1. The Morgan fingerprint density at radius 3 is 2.90 bits per heavy atom. The van der Waals surface area contributed by atoms with E-state index >= 15 is 0 Å². The number of halogens is 1. The summed E-state index contributed by atoms with van der Waals surface area (Å²) in [5, 5.41) is 9.24. The van der Waals surface area contributed by atoms with Crippen molar-refractivity contribution >= 4 is 23.5 Å². The molecule has 1 N–H and O–H groups in total. The van der Waals surface area contributed by atoms with Crippen molar-refractivity contribution in [1.29, 1.82) is 0 Å². The number of carbonyl (C=O) groups is 2. The molecule has 0 aliphatic carbocycles. The number of pyridine rings is 1. The molecule has 8 heteroatoms. The van der Waals surface area contributed by atoms with Gasteiger partial charge in [-0.3, -0.25) is 9.36 Å². The topological polar surface area (TPSA) is 88.3 Å². The van der Waals surface area contributed by atoms with Crippen molar-refractivity contribution in [3.8, 4) is 5.69 Å². The van der Waals surface area contributed by atoms with E-state index < -0.39 is 5.97 Å². The van der Waals surface area contributed by atoms with Crippen LogP contribution in [0.2, 0.25) is 5.15 Å². The smallest absolute Gasteiger partial charge is 0.356 e. The van der Waals surface area contributed by atoms with Crippen LogP contribution in [0, 0.1) is 0 Å². The summed E-state index contributed by atoms with van der Waals surface area (Å²) in [6, 6.07) is 1.61. The molecule has 0 saturated carbocycles. The highest BCUT2D eigenvalue weighted by molar-refractivity contribution is 6.33. The Bertz CT molecular complexity index is 740. The predicted molar refractivity (Wildman–Crippen MR) is 69.1 cm³/mol. The molecule has 0 saturated heterocycles. The third kappa shape index (κ3) is 1.67. The zero-order chi connectivity index (χ0) is 14.4. The molecule has 1 amide bonds. The maximum Gasteiger partial charge on any atom is 0.356 e. The summed E-state index contributed by atoms with van der Waals surface area (Å²) < 4.78 is 1.56. The molecule has 102 valence electrons. The lowest BCUT2D eigenvalue weighted by Gasteiger charge is -2.14. The SMILES string of the molecule is CN1Cc2c(C(=O)O)ncn2-c2ccnc(Cl)c2C1=O. The first-order valence-electron chi connectivity index (χ1n) is 5.70. The minimum atomic E-state index is -1.14. The largest absolute Gasteiger partial charge is 0.476 e. The molecule has 2 aromatic rings. The number of hydrogen-bond acceptors (Lipinski definition) is 4. The number of rotatable bonds is 1. The van der Waals surface area contributed by atoms with Crippen molar-refractivity contribution in [1.82, 2.24) is 19.4 Å². The number of nitrogens with zero attached hydrogens (tertiary/aromatic N) is 4. The van der Waals surface area contributed by atoms with E-state index in [1.54, 1.807) is 17.7 Å². The van der Waals surface area contributed by atoms with Crippen molar-refractivity contribution < 1.29 is 14.7 Å². The molecule has 0 aromatic carbocycles. The summed E-state index contributed by atoms with van der Waals surface area (Å²) >= 11 is 6.00. The number of amides is 1. The van der Waals surface area contributed by atoms with Crippen molar-refractivity contribution in [2.75, 3.05) is 7.05 Å². The van der Waals surface area contributed by atoms with Crippen LogP contribution >= 0.6 is 11.6 Å². The first-order chi connectivity index (χ1) is 9.50. The molecular formula is C12H9ClN4O3. The van der Waals surface area contributed by atoms with Crippen LogP contribution in [-0.2, 0) is 6.54 Å². The molecule has 7 nitrogen and oxygen atoms in total. The van der Waals surface area contributed by atoms with Gasteiger partial charge in [-0.05, 0) is 6.07 Å². The van der Waals surface area contributed by atoms with E-state index in [4.69, 9.17) is 16.7 Å². The Labute approximate surface area is 118 Å². The lowest BCUT2D eigenvalue weighted by molar-refractivity contribution is 0.0683. The molecule has 20 heavy (non-hydrogen) atoms. The number of aromatic nitrogens is 3. The Morgan fingerprint density at radius 1 is 1.45 bits per heavy atom. The predicted octanol–water partition coefficient (Wildman–Crippen LogP) is 1.20. The van der Waals surface area contributed by atoms with Gasteiger partial charge in [-0.2, -0.15) is 0 Å². The van der Waals surface area contributed by atoms with Gasteiger partial charge in [0.1, 0.15) is 17.0 Å². The van der Waals surface area contributed by atoms with Gasteiger partial charge in [0.25, 0.3) is 5.91 Å². The Kier molecular flexibility index (Phi) is 2.72. The van der Waals surface area contributed by atoms with Gasteiger partial charge in [-0.25, -0.2) is 14.8 Å². The monoisotopic (exact) mass is 292 g/mol. The Hall–Kier alpha value is -2.41. The van der Waals surface area contributed by atoms with Gasteiger partial charge in [-0.15, -0.1) is 0 Å². The third-order valence-electron chi connectivity index (χ3n) is 3.16. The van der Waals surface area contributed by atoms with Crippen LogP contribution in [0.4, 0.5) is 0 Å². The second-order valence-electron chi connectivity index (χ2n) is 4.37. The molecular weight excluding hydrogens is 284 g/mol. The summed E-state index contributed by atoms with van der Waals surface area (Å²) in [6.45, 7) is 0.130. The summed E-state index contributed by atoms with van der Waals surface area (Å²) in [6.07, 6.45) is 2.84. The number of carboxylic acids is 1. The molecule has 0 fully saturated rings. The van der Waals surface area contributed by atoms with Gasteiger partial charge in [0, 0.05) is 13.2 Å². The van der Waals surface area contributed by atoms with E-state index in [0.717, 1.165) is 0 Å². The second-order valence-corrected chi connectivity index (χ2v) is 4.73. The van der Waals surface area contributed by atoms with Crippen LogP contribution in [0.3, 0.4) is 0 Å². The number of imidazole rings is 1. The fraction of sp³-hybridized carbons (Fsp3) is 0.167. The maximum absolute atomic E-state index is 12.3. The van der Waals surface area contributed by atoms with Gasteiger partial charge in [-0.1, -0.05) is 11.6 Å². The average molecular weight is 293 g/mol. The van der Waals surface area contributed by atoms with E-state index in [1.807, 2.05) is 0 Å². The van der Waals surface area contributed by atoms with Crippen LogP contribution in [0.25, 0.3) is 5.69 Å². The average Bonchev–Trinajstić information content (AvgIpc) is 2.77. The highest BCUT2D eigenvalue weighted by Gasteiger charge is 2.30. The second kappa shape index (κ2) is 4.31. The molecule has 0 radical (unpaired) electrons. The molecule has 0 bridgehead atoms. The number of hydrogen-bond donors (Lipinski definition) is 1. The number of carbonyl (C=O) groups excluding carboxylic acids is 1. The van der Waals surface area contributed by atoms with Gasteiger partial charge in [0.05, 0.1) is 17.9 Å². The fourth-order valence-electron chi connectivity index (χ4n) is 2.22. The lowest BCUT2D eigenvalue weighted by Crippen LogP contribution is -2.26. The summed E-state index contributed by atoms with van der Waals surface area (Å²) in [4.78, 5) is 32.7. The summed E-state index contributed by atoms with van der Waals surface area (Å²) in [5.41, 5.74) is 1.07. The standard InChI is InChI=1S/C12H9ClN4O3/c1-16-4-7-9(12(19)20)15-5-17(7)6-2-3-14-10(13)8(6)11(16)18/h2-3,5H,4H2,1H3,(H,19,20). The first-order valence-corrected chi connectivity index (χ1v) is 6.08. The maximum atomic E-state index is 12.3. The summed E-state index contributed by atoms with van der Waals surface area (Å²) in [7, 11) is 1.57. The molecule has 3 rings (SSSR count). The number of fused-ring (bicyclic) bond motifs is 3. The van der Waals surface area contributed by atoms with E-state index in [-0.39, 0.29) is 28.9 Å². The normalized spacial score (nSPS) is 13.7. The van der Waals surface area contributed by atoms with Gasteiger partial charge in [0.15, 0.2) is 5.69 Å². The highest BCUT2D eigenvalue weighted by atomic mass is 35.5. The minimum Gasteiger partial charge on any atom is -0.476 e. The summed E-state index contributed by atoms with van der Waals surface area (Å²) in [5.74, 6) is -1.44. The molecule has 0 atom stereocenters. The fourth-order valence-corrected chi connectivity index (χ4v) is 2.46. The van der Waals surface area contributed by atoms with Crippen LogP contribution in [0.5, 0.6) is 0 Å².